The monoisotopic (exact) mass is 424 g/mol. The van der Waals surface area contributed by atoms with E-state index in [1.807, 2.05) is 0 Å². The quantitative estimate of drug-likeness (QED) is 0.282. The maximum atomic E-state index is 10.9. The molecule has 0 fully saturated rings. The fourth-order valence-electron chi connectivity index (χ4n) is 3.08. The number of nitro benzene ring substituents is 1. The number of hydrogen-bond donors (Lipinski definition) is 1. The molecule has 0 unspecified atom stereocenters. The van der Waals surface area contributed by atoms with E-state index >= 15 is 0 Å². The van der Waals surface area contributed by atoms with Crippen LogP contribution < -0.4 is 5.32 Å². The fraction of sp³-hybridized carbons (Fsp3) is 0.143. The number of nitro groups is 1. The zero-order valence-electron chi connectivity index (χ0n) is 15.7. The van der Waals surface area contributed by atoms with E-state index in [2.05, 4.69) is 58.8 Å². The number of benzene rings is 2. The molecular formula is C21H17ClN4O2S. The highest BCUT2D eigenvalue weighted by atomic mass is 35.5. The van der Waals surface area contributed by atoms with Crippen molar-refractivity contribution < 1.29 is 4.92 Å². The average Bonchev–Trinajstić information content (AvgIpc) is 3.14. The van der Waals surface area contributed by atoms with E-state index < -0.39 is 4.92 Å². The van der Waals surface area contributed by atoms with Crippen LogP contribution in [0.15, 0.2) is 54.2 Å². The number of hydrogen-bond acceptors (Lipinski definition) is 6. The molecule has 0 aliphatic carbocycles. The molecule has 2 heterocycles. The molecule has 0 radical (unpaired) electrons. The van der Waals surface area contributed by atoms with Gasteiger partial charge in [-0.15, -0.1) is 11.3 Å². The lowest BCUT2D eigenvalue weighted by Gasteiger charge is -2.10. The van der Waals surface area contributed by atoms with Gasteiger partial charge in [-0.25, -0.2) is 9.97 Å². The number of rotatable bonds is 5. The predicted octanol–water partition coefficient (Wildman–Crippen LogP) is 6.79. The Morgan fingerprint density at radius 2 is 1.90 bits per heavy atom. The minimum atomic E-state index is -0.476. The van der Waals surface area contributed by atoms with Crippen molar-refractivity contribution in [3.05, 3.63) is 74.9 Å². The van der Waals surface area contributed by atoms with Crippen molar-refractivity contribution in [3.8, 4) is 11.1 Å². The fourth-order valence-corrected chi connectivity index (χ4v) is 4.21. The molecule has 29 heavy (non-hydrogen) atoms. The second-order valence-corrected chi connectivity index (χ2v) is 8.14. The molecule has 0 saturated heterocycles. The Balaban J connectivity index is 1.76. The molecule has 4 rings (SSSR count). The Hall–Kier alpha value is -3.03. The summed E-state index contributed by atoms with van der Waals surface area (Å²) in [5.41, 5.74) is 3.87. The molecule has 4 aromatic rings. The van der Waals surface area contributed by atoms with E-state index in [1.54, 1.807) is 17.4 Å². The lowest BCUT2D eigenvalue weighted by molar-refractivity contribution is -0.384. The lowest BCUT2D eigenvalue weighted by atomic mass is 9.99. The number of fused-ring (bicyclic) bond motifs is 1. The van der Waals surface area contributed by atoms with Gasteiger partial charge in [0.2, 0.25) is 0 Å². The van der Waals surface area contributed by atoms with Crippen molar-refractivity contribution >= 4 is 50.3 Å². The predicted molar refractivity (Wildman–Crippen MR) is 118 cm³/mol. The number of non-ortho nitro benzene ring substituents is 1. The van der Waals surface area contributed by atoms with Gasteiger partial charge in [0.1, 0.15) is 17.0 Å². The van der Waals surface area contributed by atoms with Crippen LogP contribution in [-0.2, 0) is 0 Å². The minimum absolute atomic E-state index is 0.0603. The first-order valence-electron chi connectivity index (χ1n) is 8.97. The summed E-state index contributed by atoms with van der Waals surface area (Å²) in [4.78, 5) is 20.1. The van der Waals surface area contributed by atoms with Gasteiger partial charge in [-0.3, -0.25) is 10.1 Å². The van der Waals surface area contributed by atoms with E-state index in [1.165, 1.54) is 24.0 Å². The molecule has 1 N–H and O–H groups in total. The van der Waals surface area contributed by atoms with Gasteiger partial charge in [-0.05, 0) is 23.1 Å². The first-order chi connectivity index (χ1) is 13.9. The van der Waals surface area contributed by atoms with Crippen molar-refractivity contribution in [2.45, 2.75) is 19.8 Å². The zero-order chi connectivity index (χ0) is 20.5. The van der Waals surface area contributed by atoms with Crippen LogP contribution in [-0.4, -0.2) is 14.9 Å². The Labute approximate surface area is 176 Å². The Bertz CT molecular complexity index is 1210. The molecule has 0 saturated carbocycles. The second kappa shape index (κ2) is 7.77. The topological polar surface area (TPSA) is 81.0 Å². The summed E-state index contributed by atoms with van der Waals surface area (Å²) < 4.78 is 0. The van der Waals surface area contributed by atoms with E-state index in [0.29, 0.717) is 17.4 Å². The molecule has 0 spiro atoms. The summed E-state index contributed by atoms with van der Waals surface area (Å²) in [5, 5.41) is 17.4. The highest BCUT2D eigenvalue weighted by Gasteiger charge is 2.16. The van der Waals surface area contributed by atoms with Crippen molar-refractivity contribution in [1.29, 1.82) is 0 Å². The molecular weight excluding hydrogens is 408 g/mol. The normalized spacial score (nSPS) is 11.2. The minimum Gasteiger partial charge on any atom is -0.338 e. The van der Waals surface area contributed by atoms with Crippen molar-refractivity contribution in [2.24, 2.45) is 0 Å². The Kier molecular flexibility index (Phi) is 5.17. The van der Waals surface area contributed by atoms with Gasteiger partial charge in [-0.2, -0.15) is 0 Å². The van der Waals surface area contributed by atoms with Gasteiger partial charge in [0.25, 0.3) is 5.69 Å². The number of aromatic nitrogens is 2. The zero-order valence-corrected chi connectivity index (χ0v) is 17.3. The van der Waals surface area contributed by atoms with E-state index in [0.717, 1.165) is 21.3 Å². The third-order valence-electron chi connectivity index (χ3n) is 4.68. The van der Waals surface area contributed by atoms with Crippen molar-refractivity contribution in [3.63, 3.8) is 0 Å². The molecule has 0 aliphatic heterocycles. The van der Waals surface area contributed by atoms with Crippen LogP contribution in [0.4, 0.5) is 17.2 Å². The van der Waals surface area contributed by atoms with Crippen molar-refractivity contribution in [2.75, 3.05) is 5.32 Å². The number of thiophene rings is 1. The molecule has 0 aliphatic rings. The second-order valence-electron chi connectivity index (χ2n) is 6.87. The largest absolute Gasteiger partial charge is 0.338 e. The van der Waals surface area contributed by atoms with E-state index in [4.69, 9.17) is 11.6 Å². The molecule has 0 atom stereocenters. The van der Waals surface area contributed by atoms with Gasteiger partial charge < -0.3 is 5.32 Å². The SMILES string of the molecule is CC(C)c1ccc(-c2csc3ncnc(Nc4ccc([N+](=O)[O-])cc4Cl)c23)cc1. The third kappa shape index (κ3) is 3.79. The van der Waals surface area contributed by atoms with Gasteiger partial charge >= 0.3 is 0 Å². The van der Waals surface area contributed by atoms with Gasteiger partial charge in [-0.1, -0.05) is 49.7 Å². The van der Waals surface area contributed by atoms with Crippen LogP contribution >= 0.6 is 22.9 Å². The maximum Gasteiger partial charge on any atom is 0.271 e. The molecule has 8 heteroatoms. The summed E-state index contributed by atoms with van der Waals surface area (Å²) in [6.07, 6.45) is 1.49. The first kappa shape index (κ1) is 19.3. The molecule has 2 aromatic carbocycles. The highest BCUT2D eigenvalue weighted by Crippen LogP contribution is 2.39. The highest BCUT2D eigenvalue weighted by molar-refractivity contribution is 7.17. The van der Waals surface area contributed by atoms with Crippen LogP contribution in [0.2, 0.25) is 5.02 Å². The van der Waals surface area contributed by atoms with Crippen LogP contribution in [0.3, 0.4) is 0 Å². The van der Waals surface area contributed by atoms with E-state index in [-0.39, 0.29) is 10.7 Å². The smallest absolute Gasteiger partial charge is 0.271 e. The van der Waals surface area contributed by atoms with Gasteiger partial charge in [0, 0.05) is 23.1 Å². The average molecular weight is 425 g/mol. The summed E-state index contributed by atoms with van der Waals surface area (Å²) in [7, 11) is 0. The van der Waals surface area contributed by atoms with E-state index in [9.17, 15) is 10.1 Å². The molecule has 0 bridgehead atoms. The van der Waals surface area contributed by atoms with Crippen LogP contribution in [0.1, 0.15) is 25.3 Å². The Morgan fingerprint density at radius 1 is 1.14 bits per heavy atom. The molecule has 0 amide bonds. The van der Waals surface area contributed by atoms with Crippen molar-refractivity contribution in [1.82, 2.24) is 9.97 Å². The molecule has 146 valence electrons. The van der Waals surface area contributed by atoms with Crippen LogP contribution in [0.5, 0.6) is 0 Å². The standard InChI is InChI=1S/C21H17ClN4O2S/c1-12(2)13-3-5-14(6-4-13)16-10-29-21-19(16)20(23-11-24-21)25-18-8-7-15(26(27)28)9-17(18)22/h3-12H,1-2H3,(H,23,24,25). The Morgan fingerprint density at radius 3 is 2.55 bits per heavy atom. The summed E-state index contributed by atoms with van der Waals surface area (Å²) in [5.74, 6) is 1.07. The lowest BCUT2D eigenvalue weighted by Crippen LogP contribution is -1.97. The van der Waals surface area contributed by atoms with Gasteiger partial charge in [0.05, 0.1) is 21.0 Å². The van der Waals surface area contributed by atoms with Crippen LogP contribution in [0.25, 0.3) is 21.3 Å². The van der Waals surface area contributed by atoms with Crippen LogP contribution in [0, 0.1) is 10.1 Å². The maximum absolute atomic E-state index is 10.9. The summed E-state index contributed by atoms with van der Waals surface area (Å²) >= 11 is 7.79. The summed E-state index contributed by atoms with van der Waals surface area (Å²) in [6.45, 7) is 4.33. The first-order valence-corrected chi connectivity index (χ1v) is 10.2. The molecule has 2 aromatic heterocycles. The number of nitrogens with zero attached hydrogens (tertiary/aromatic N) is 3. The molecule has 6 nitrogen and oxygen atoms in total. The number of nitrogens with one attached hydrogen (secondary N) is 1. The number of anilines is 2. The third-order valence-corrected chi connectivity index (χ3v) is 5.87. The number of halogens is 1. The summed E-state index contributed by atoms with van der Waals surface area (Å²) in [6, 6.07) is 12.8. The van der Waals surface area contributed by atoms with Gasteiger partial charge in [0.15, 0.2) is 0 Å².